The zero-order valence-electron chi connectivity index (χ0n) is 8.24. The highest BCUT2D eigenvalue weighted by atomic mass is 31.1. The zero-order chi connectivity index (χ0) is 9.10. The van der Waals surface area contributed by atoms with Gasteiger partial charge in [-0.3, -0.25) is 0 Å². The summed E-state index contributed by atoms with van der Waals surface area (Å²) in [6.07, 6.45) is 5.77. The first-order chi connectivity index (χ1) is 6.36. The van der Waals surface area contributed by atoms with Gasteiger partial charge < -0.3 is 0 Å². The molecule has 0 bridgehead atoms. The molecule has 0 saturated carbocycles. The molecule has 0 nitrogen and oxygen atoms in total. The van der Waals surface area contributed by atoms with Crippen LogP contribution in [0.4, 0.5) is 0 Å². The minimum absolute atomic E-state index is 0. The third kappa shape index (κ3) is 2.85. The first-order valence-electron chi connectivity index (χ1n) is 5.10. The lowest BCUT2D eigenvalue weighted by molar-refractivity contribution is 0.774. The molecule has 1 aliphatic rings. The number of hydrogen-bond acceptors (Lipinski definition) is 0. The minimum atomic E-state index is 0. The molecule has 1 aliphatic heterocycles. The maximum atomic E-state index is 2.47. The van der Waals surface area contributed by atoms with Crippen molar-refractivity contribution in [3.63, 3.8) is 0 Å². The Bertz CT molecular complexity index is 260. The highest BCUT2D eigenvalue weighted by molar-refractivity contribution is 7.57. The van der Waals surface area contributed by atoms with Gasteiger partial charge in [-0.25, -0.2) is 0 Å². The quantitative estimate of drug-likeness (QED) is 0.514. The van der Waals surface area contributed by atoms with Crippen LogP contribution in [0.3, 0.4) is 0 Å². The molecule has 76 valence electrons. The first kappa shape index (κ1) is 11.8. The van der Waals surface area contributed by atoms with Crippen molar-refractivity contribution in [3.8, 4) is 0 Å². The predicted octanol–water partition coefficient (Wildman–Crippen LogP) is 2.32. The molecule has 0 spiro atoms. The highest BCUT2D eigenvalue weighted by Gasteiger charge is 2.22. The van der Waals surface area contributed by atoms with Crippen molar-refractivity contribution < 1.29 is 0 Å². The van der Waals surface area contributed by atoms with Crippen LogP contribution in [-0.2, 0) is 6.42 Å². The Morgan fingerprint density at radius 2 is 2.00 bits per heavy atom. The van der Waals surface area contributed by atoms with Crippen molar-refractivity contribution in [3.05, 3.63) is 35.9 Å². The molecule has 0 aromatic heterocycles. The third-order valence-corrected chi connectivity index (χ3v) is 5.69. The normalized spacial score (nSPS) is 25.8. The number of rotatable bonds is 2. The van der Waals surface area contributed by atoms with Crippen molar-refractivity contribution in [1.29, 1.82) is 0 Å². The topological polar surface area (TPSA) is 0 Å². The predicted molar refractivity (Wildman–Crippen MR) is 70.8 cm³/mol. The van der Waals surface area contributed by atoms with Crippen LogP contribution in [0.15, 0.2) is 30.3 Å². The molecule has 2 rings (SSSR count). The summed E-state index contributed by atoms with van der Waals surface area (Å²) in [5.74, 6) is 0. The fourth-order valence-electron chi connectivity index (χ4n) is 2.12. The Hall–Kier alpha value is -0.285. The Morgan fingerprint density at radius 3 is 2.57 bits per heavy atom. The Balaban J connectivity index is 0.000000980. The maximum Gasteiger partial charge on any atom is 0.0814 e. The van der Waals surface area contributed by atoms with E-state index in [1.165, 1.54) is 31.0 Å². The summed E-state index contributed by atoms with van der Waals surface area (Å²) in [5.41, 5.74) is 2.54. The summed E-state index contributed by atoms with van der Waals surface area (Å²) >= 11 is 0. The van der Waals surface area contributed by atoms with E-state index >= 15 is 0 Å². The van der Waals surface area contributed by atoms with Crippen LogP contribution in [0.1, 0.15) is 18.4 Å². The molecule has 1 aromatic carbocycles. The SMILES string of the molecule is B.C[P@@]1CCC[C@H]1Cc1ccccc1. The smallest absolute Gasteiger partial charge is 0.0814 e. The second-order valence-electron chi connectivity index (χ2n) is 3.97. The molecule has 2 heteroatoms. The molecule has 0 amide bonds. The van der Waals surface area contributed by atoms with Crippen LogP contribution < -0.4 is 0 Å². The van der Waals surface area contributed by atoms with Gasteiger partial charge in [0.05, 0.1) is 8.41 Å². The van der Waals surface area contributed by atoms with Gasteiger partial charge in [-0.15, -0.1) is 7.92 Å². The van der Waals surface area contributed by atoms with Gasteiger partial charge in [-0.2, -0.15) is 0 Å². The third-order valence-electron chi connectivity index (χ3n) is 2.99. The average Bonchev–Trinajstić information content (AvgIpc) is 2.54. The lowest BCUT2D eigenvalue weighted by Gasteiger charge is -2.15. The second-order valence-corrected chi connectivity index (χ2v) is 6.66. The van der Waals surface area contributed by atoms with E-state index in [1.807, 2.05) is 0 Å². The summed E-state index contributed by atoms with van der Waals surface area (Å²) in [7, 11) is 0.348. The molecule has 2 atom stereocenters. The van der Waals surface area contributed by atoms with E-state index in [0.717, 1.165) is 5.66 Å². The monoisotopic (exact) mass is 206 g/mol. The molecule has 0 unspecified atom stereocenters. The van der Waals surface area contributed by atoms with E-state index in [4.69, 9.17) is 0 Å². The van der Waals surface area contributed by atoms with Crippen LogP contribution in [0.2, 0.25) is 0 Å². The molecule has 0 N–H and O–H groups in total. The van der Waals surface area contributed by atoms with Crippen molar-refractivity contribution in [2.75, 3.05) is 12.8 Å². The van der Waals surface area contributed by atoms with Crippen molar-refractivity contribution in [1.82, 2.24) is 0 Å². The van der Waals surface area contributed by atoms with E-state index in [-0.39, 0.29) is 8.41 Å². The van der Waals surface area contributed by atoms with Crippen molar-refractivity contribution in [2.24, 2.45) is 0 Å². The van der Waals surface area contributed by atoms with Gasteiger partial charge >= 0.3 is 0 Å². The van der Waals surface area contributed by atoms with E-state index in [2.05, 4.69) is 37.0 Å². The van der Waals surface area contributed by atoms with Gasteiger partial charge in [0.25, 0.3) is 0 Å². The van der Waals surface area contributed by atoms with Gasteiger partial charge in [0.1, 0.15) is 0 Å². The van der Waals surface area contributed by atoms with E-state index in [1.54, 1.807) is 0 Å². The van der Waals surface area contributed by atoms with E-state index < -0.39 is 0 Å². The Labute approximate surface area is 90.4 Å². The van der Waals surface area contributed by atoms with Crippen LogP contribution in [0.5, 0.6) is 0 Å². The van der Waals surface area contributed by atoms with E-state index in [0.29, 0.717) is 7.92 Å². The van der Waals surface area contributed by atoms with Crippen LogP contribution in [0, 0.1) is 0 Å². The first-order valence-corrected chi connectivity index (χ1v) is 7.15. The number of benzene rings is 1. The zero-order valence-corrected chi connectivity index (χ0v) is 9.13. The van der Waals surface area contributed by atoms with Crippen LogP contribution in [-0.4, -0.2) is 26.9 Å². The summed E-state index contributed by atoms with van der Waals surface area (Å²) in [5, 5.41) is 0. The van der Waals surface area contributed by atoms with Gasteiger partial charge in [-0.1, -0.05) is 30.3 Å². The lowest BCUT2D eigenvalue weighted by Crippen LogP contribution is -2.03. The lowest BCUT2D eigenvalue weighted by atomic mass is 10.1. The standard InChI is InChI=1S/C12H17P.BH3/c1-13-9-5-8-12(13)10-11-6-3-2-4-7-11;/h2-4,6-7,12H,5,8-10H2,1H3;1H3/t12-,13-;/m0./s1. The van der Waals surface area contributed by atoms with Crippen molar-refractivity contribution in [2.45, 2.75) is 24.9 Å². The molecular weight excluding hydrogens is 186 g/mol. The molecule has 1 heterocycles. The maximum absolute atomic E-state index is 2.47. The van der Waals surface area contributed by atoms with Gasteiger partial charge in [0.2, 0.25) is 0 Å². The Kier molecular flexibility index (Phi) is 4.68. The molecule has 14 heavy (non-hydrogen) atoms. The average molecular weight is 206 g/mol. The fourth-order valence-corrected chi connectivity index (χ4v) is 4.32. The van der Waals surface area contributed by atoms with Crippen LogP contribution >= 0.6 is 7.92 Å². The van der Waals surface area contributed by atoms with Crippen molar-refractivity contribution >= 4 is 16.3 Å². The van der Waals surface area contributed by atoms with Gasteiger partial charge in [0, 0.05) is 0 Å². The molecule has 0 aliphatic carbocycles. The summed E-state index contributed by atoms with van der Waals surface area (Å²) in [4.78, 5) is 0. The summed E-state index contributed by atoms with van der Waals surface area (Å²) < 4.78 is 0. The second kappa shape index (κ2) is 5.56. The van der Waals surface area contributed by atoms with Gasteiger partial charge in [-0.05, 0) is 43.3 Å². The largest absolute Gasteiger partial charge is 0.106 e. The molecule has 0 radical (unpaired) electrons. The minimum Gasteiger partial charge on any atom is -0.106 e. The van der Waals surface area contributed by atoms with Gasteiger partial charge in [0.15, 0.2) is 0 Å². The molecule has 1 aromatic rings. The van der Waals surface area contributed by atoms with Crippen LogP contribution in [0.25, 0.3) is 0 Å². The van der Waals surface area contributed by atoms with E-state index in [9.17, 15) is 0 Å². The Morgan fingerprint density at radius 1 is 1.29 bits per heavy atom. The molecular formula is C12H20BP. The summed E-state index contributed by atoms with van der Waals surface area (Å²) in [6, 6.07) is 10.9. The molecule has 1 saturated heterocycles. The highest BCUT2D eigenvalue weighted by Crippen LogP contribution is 2.47. The fraction of sp³-hybridized carbons (Fsp3) is 0.500. The molecule has 1 fully saturated rings. The number of hydrogen-bond donors (Lipinski definition) is 0. The summed E-state index contributed by atoms with van der Waals surface area (Å²) in [6.45, 7) is 2.47.